The summed E-state index contributed by atoms with van der Waals surface area (Å²) in [7, 11) is 0. The van der Waals surface area contributed by atoms with Gasteiger partial charge in [-0.05, 0) is 37.8 Å². The molecule has 1 unspecified atom stereocenters. The highest BCUT2D eigenvalue weighted by atomic mass is 16.5. The maximum Gasteiger partial charge on any atom is 0.255 e. The summed E-state index contributed by atoms with van der Waals surface area (Å²) in [6, 6.07) is 6.26. The lowest BCUT2D eigenvalue weighted by Gasteiger charge is -2.22. The minimum Gasteiger partial charge on any atom is -0.493 e. The Morgan fingerprint density at radius 1 is 1.14 bits per heavy atom. The highest BCUT2D eigenvalue weighted by molar-refractivity contribution is 5.99. The molecule has 0 saturated carbocycles. The molecule has 28 heavy (non-hydrogen) atoms. The first-order valence-electron chi connectivity index (χ1n) is 10.0. The second-order valence-corrected chi connectivity index (χ2v) is 7.25. The van der Waals surface area contributed by atoms with Crippen LogP contribution < -0.4 is 15.4 Å². The van der Waals surface area contributed by atoms with E-state index in [-0.39, 0.29) is 36.6 Å². The Hall–Kier alpha value is -2.57. The summed E-state index contributed by atoms with van der Waals surface area (Å²) >= 11 is 0. The van der Waals surface area contributed by atoms with Crippen molar-refractivity contribution in [2.24, 2.45) is 5.92 Å². The van der Waals surface area contributed by atoms with Crippen LogP contribution in [0.4, 0.5) is 0 Å². The summed E-state index contributed by atoms with van der Waals surface area (Å²) in [6.45, 7) is 7.91. The van der Waals surface area contributed by atoms with Crippen LogP contribution >= 0.6 is 0 Å². The Kier molecular flexibility index (Phi) is 8.29. The SMILES string of the molecule is CCOc1ccccc1C(=O)NC(C(=O)NCCC(=O)N1CCCC1)C(C)C. The van der Waals surface area contributed by atoms with Gasteiger partial charge < -0.3 is 20.3 Å². The van der Waals surface area contributed by atoms with Crippen LogP contribution in [0.3, 0.4) is 0 Å². The zero-order chi connectivity index (χ0) is 20.5. The lowest BCUT2D eigenvalue weighted by molar-refractivity contribution is -0.130. The van der Waals surface area contributed by atoms with Gasteiger partial charge >= 0.3 is 0 Å². The van der Waals surface area contributed by atoms with Crippen molar-refractivity contribution in [3.05, 3.63) is 29.8 Å². The first kappa shape index (κ1) is 21.7. The van der Waals surface area contributed by atoms with Crippen molar-refractivity contribution in [2.75, 3.05) is 26.2 Å². The van der Waals surface area contributed by atoms with Gasteiger partial charge in [-0.3, -0.25) is 14.4 Å². The number of likely N-dealkylation sites (tertiary alicyclic amines) is 1. The second kappa shape index (κ2) is 10.7. The van der Waals surface area contributed by atoms with Gasteiger partial charge in [-0.25, -0.2) is 0 Å². The minimum absolute atomic E-state index is 0.0635. The normalized spacial score (nSPS) is 14.6. The number of ether oxygens (including phenoxy) is 1. The number of nitrogens with zero attached hydrogens (tertiary/aromatic N) is 1. The van der Waals surface area contributed by atoms with Gasteiger partial charge in [0, 0.05) is 26.1 Å². The Morgan fingerprint density at radius 2 is 1.82 bits per heavy atom. The molecule has 7 heteroatoms. The maximum atomic E-state index is 12.7. The molecule has 1 aromatic carbocycles. The average molecular weight is 389 g/mol. The number of para-hydroxylation sites is 1. The molecule has 2 N–H and O–H groups in total. The zero-order valence-corrected chi connectivity index (χ0v) is 17.0. The van der Waals surface area contributed by atoms with Gasteiger partial charge in [0.1, 0.15) is 11.8 Å². The molecule has 0 radical (unpaired) electrons. The summed E-state index contributed by atoms with van der Waals surface area (Å²) < 4.78 is 5.50. The van der Waals surface area contributed by atoms with Crippen molar-refractivity contribution in [1.82, 2.24) is 15.5 Å². The molecule has 1 saturated heterocycles. The molecule has 1 atom stereocenters. The van der Waals surface area contributed by atoms with Gasteiger partial charge in [0.15, 0.2) is 0 Å². The molecule has 1 aliphatic rings. The quantitative estimate of drug-likeness (QED) is 0.676. The van der Waals surface area contributed by atoms with Crippen LogP contribution in [0.1, 0.15) is 50.4 Å². The second-order valence-electron chi connectivity index (χ2n) is 7.25. The summed E-state index contributed by atoms with van der Waals surface area (Å²) in [4.78, 5) is 39.2. The Bertz CT molecular complexity index is 684. The van der Waals surface area contributed by atoms with Crippen LogP contribution in [0, 0.1) is 5.92 Å². The topological polar surface area (TPSA) is 87.7 Å². The number of hydrogen-bond acceptors (Lipinski definition) is 4. The fourth-order valence-electron chi connectivity index (χ4n) is 3.22. The Labute approximate surface area is 166 Å². The van der Waals surface area contributed by atoms with E-state index in [1.165, 1.54) is 0 Å². The third-order valence-corrected chi connectivity index (χ3v) is 4.76. The fraction of sp³-hybridized carbons (Fsp3) is 0.571. The summed E-state index contributed by atoms with van der Waals surface area (Å²) in [5.41, 5.74) is 0.395. The molecule has 1 heterocycles. The van der Waals surface area contributed by atoms with Gasteiger partial charge in [-0.2, -0.15) is 0 Å². The van der Waals surface area contributed by atoms with E-state index in [1.807, 2.05) is 25.7 Å². The van der Waals surface area contributed by atoms with E-state index in [0.717, 1.165) is 25.9 Å². The Morgan fingerprint density at radius 3 is 2.46 bits per heavy atom. The summed E-state index contributed by atoms with van der Waals surface area (Å²) in [5.74, 6) is -0.190. The molecule has 1 aliphatic heterocycles. The van der Waals surface area contributed by atoms with Crippen LogP contribution in [-0.2, 0) is 9.59 Å². The Balaban J connectivity index is 1.92. The predicted octanol–water partition coefficient (Wildman–Crippen LogP) is 1.97. The molecule has 154 valence electrons. The number of amides is 3. The van der Waals surface area contributed by atoms with Crippen molar-refractivity contribution in [2.45, 2.75) is 46.1 Å². The summed E-state index contributed by atoms with van der Waals surface area (Å²) in [5, 5.41) is 5.58. The smallest absolute Gasteiger partial charge is 0.255 e. The summed E-state index contributed by atoms with van der Waals surface area (Å²) in [6.07, 6.45) is 2.36. The van der Waals surface area contributed by atoms with Crippen molar-refractivity contribution < 1.29 is 19.1 Å². The molecule has 3 amide bonds. The molecule has 0 aromatic heterocycles. The zero-order valence-electron chi connectivity index (χ0n) is 17.0. The number of carbonyl (C=O) groups is 3. The van der Waals surface area contributed by atoms with E-state index in [9.17, 15) is 14.4 Å². The predicted molar refractivity (Wildman–Crippen MR) is 107 cm³/mol. The molecule has 0 aliphatic carbocycles. The van der Waals surface area contributed by atoms with E-state index in [1.54, 1.807) is 24.3 Å². The largest absolute Gasteiger partial charge is 0.493 e. The average Bonchev–Trinajstić information content (AvgIpc) is 3.21. The van der Waals surface area contributed by atoms with Gasteiger partial charge in [-0.15, -0.1) is 0 Å². The molecule has 0 spiro atoms. The van der Waals surface area contributed by atoms with Crippen molar-refractivity contribution in [1.29, 1.82) is 0 Å². The molecule has 0 bridgehead atoms. The minimum atomic E-state index is -0.691. The first-order chi connectivity index (χ1) is 13.4. The van der Waals surface area contributed by atoms with Gasteiger partial charge in [0.25, 0.3) is 5.91 Å². The third kappa shape index (κ3) is 5.97. The van der Waals surface area contributed by atoms with Crippen LogP contribution in [0.2, 0.25) is 0 Å². The number of rotatable bonds is 9. The van der Waals surface area contributed by atoms with Crippen LogP contribution in [0.15, 0.2) is 24.3 Å². The molecule has 7 nitrogen and oxygen atoms in total. The molecule has 1 aromatic rings. The number of carbonyl (C=O) groups excluding carboxylic acids is 3. The molecular formula is C21H31N3O4. The first-order valence-corrected chi connectivity index (χ1v) is 10.0. The number of nitrogens with one attached hydrogen (secondary N) is 2. The highest BCUT2D eigenvalue weighted by Gasteiger charge is 2.26. The fourth-order valence-corrected chi connectivity index (χ4v) is 3.22. The third-order valence-electron chi connectivity index (χ3n) is 4.76. The number of benzene rings is 1. The van der Waals surface area contributed by atoms with Crippen LogP contribution in [0.25, 0.3) is 0 Å². The van der Waals surface area contributed by atoms with Gasteiger partial charge in [0.2, 0.25) is 11.8 Å². The van der Waals surface area contributed by atoms with Gasteiger partial charge in [0.05, 0.1) is 12.2 Å². The molecule has 1 fully saturated rings. The van der Waals surface area contributed by atoms with E-state index in [0.29, 0.717) is 17.9 Å². The lowest BCUT2D eigenvalue weighted by Crippen LogP contribution is -2.50. The highest BCUT2D eigenvalue weighted by Crippen LogP contribution is 2.18. The van der Waals surface area contributed by atoms with Crippen molar-refractivity contribution in [3.8, 4) is 5.75 Å². The molecule has 2 rings (SSSR count). The van der Waals surface area contributed by atoms with Crippen molar-refractivity contribution in [3.63, 3.8) is 0 Å². The van der Waals surface area contributed by atoms with Crippen LogP contribution in [-0.4, -0.2) is 54.9 Å². The molecular weight excluding hydrogens is 358 g/mol. The van der Waals surface area contributed by atoms with Gasteiger partial charge in [-0.1, -0.05) is 26.0 Å². The van der Waals surface area contributed by atoms with E-state index in [2.05, 4.69) is 10.6 Å². The standard InChI is InChI=1S/C21H31N3O4/c1-4-28-17-10-6-5-9-16(17)20(26)23-19(15(2)3)21(27)22-12-11-18(25)24-13-7-8-14-24/h5-6,9-10,15,19H,4,7-8,11-14H2,1-3H3,(H,22,27)(H,23,26). The van der Waals surface area contributed by atoms with E-state index >= 15 is 0 Å². The van der Waals surface area contributed by atoms with Crippen molar-refractivity contribution >= 4 is 17.7 Å². The van der Waals surface area contributed by atoms with Crippen LogP contribution in [0.5, 0.6) is 5.75 Å². The van der Waals surface area contributed by atoms with E-state index < -0.39 is 6.04 Å². The maximum absolute atomic E-state index is 12.7. The lowest BCUT2D eigenvalue weighted by atomic mass is 10.0. The number of hydrogen-bond donors (Lipinski definition) is 2. The van der Waals surface area contributed by atoms with E-state index in [4.69, 9.17) is 4.74 Å². The monoisotopic (exact) mass is 389 g/mol.